The smallest absolute Gasteiger partial charge is 0.407 e. The molecule has 0 bridgehead atoms. The van der Waals surface area contributed by atoms with Crippen LogP contribution in [0.5, 0.6) is 0 Å². The summed E-state index contributed by atoms with van der Waals surface area (Å²) in [4.78, 5) is 38.3. The number of carbonyl (C=O) groups is 3. The molecule has 4 rings (SSSR count). The lowest BCUT2D eigenvalue weighted by molar-refractivity contribution is -0.157. The number of ether oxygens (including phenoxy) is 1. The van der Waals surface area contributed by atoms with Gasteiger partial charge >= 0.3 is 12.1 Å². The van der Waals surface area contributed by atoms with E-state index < -0.39 is 17.6 Å². The molecule has 1 fully saturated rings. The second-order valence-electron chi connectivity index (χ2n) is 9.76. The number of carbonyl (C=O) groups excluding carboxylic acids is 2. The van der Waals surface area contributed by atoms with Crippen molar-refractivity contribution >= 4 is 18.0 Å². The number of fused-ring (bicyclic) bond motifs is 3. The number of carboxylic acid groups (broad SMARTS) is 1. The molecule has 0 aromatic heterocycles. The minimum atomic E-state index is -1.07. The number of likely N-dealkylation sites (N-methyl/N-ethyl adjacent to an activating group) is 1. The van der Waals surface area contributed by atoms with E-state index in [4.69, 9.17) is 4.74 Å². The first-order chi connectivity index (χ1) is 16.8. The zero-order chi connectivity index (χ0) is 25.0. The summed E-state index contributed by atoms with van der Waals surface area (Å²) in [5, 5.41) is 12.5. The molecule has 35 heavy (non-hydrogen) atoms. The van der Waals surface area contributed by atoms with Gasteiger partial charge in [-0.2, -0.15) is 0 Å². The minimum absolute atomic E-state index is 0.00811. The fourth-order valence-electron chi connectivity index (χ4n) is 5.53. The lowest BCUT2D eigenvalue weighted by Crippen LogP contribution is -2.53. The van der Waals surface area contributed by atoms with E-state index in [9.17, 15) is 19.5 Å². The van der Waals surface area contributed by atoms with Crippen molar-refractivity contribution < 1.29 is 24.2 Å². The summed E-state index contributed by atoms with van der Waals surface area (Å²) in [5.74, 6) is -1.08. The number of aliphatic carboxylic acids is 1. The monoisotopic (exact) mass is 478 g/mol. The van der Waals surface area contributed by atoms with Crippen LogP contribution in [0.25, 0.3) is 11.1 Å². The van der Waals surface area contributed by atoms with Crippen LogP contribution in [0, 0.1) is 0 Å². The third-order valence-corrected chi connectivity index (χ3v) is 7.58. The van der Waals surface area contributed by atoms with Crippen LogP contribution in [0.2, 0.25) is 0 Å². The number of carboxylic acids is 1. The highest BCUT2D eigenvalue weighted by atomic mass is 16.5. The molecule has 1 atom stereocenters. The Balaban J connectivity index is 1.23. The Labute approximate surface area is 206 Å². The summed E-state index contributed by atoms with van der Waals surface area (Å²) in [7, 11) is 1.60. The van der Waals surface area contributed by atoms with Gasteiger partial charge in [0.2, 0.25) is 5.91 Å². The topological polar surface area (TPSA) is 95.9 Å². The predicted molar refractivity (Wildman–Crippen MR) is 133 cm³/mol. The van der Waals surface area contributed by atoms with Gasteiger partial charge in [-0.3, -0.25) is 4.79 Å². The number of amides is 2. The summed E-state index contributed by atoms with van der Waals surface area (Å²) in [6.07, 6.45) is 3.60. The van der Waals surface area contributed by atoms with Gasteiger partial charge in [-0.15, -0.1) is 0 Å². The predicted octanol–water partition coefficient (Wildman–Crippen LogP) is 4.94. The Hall–Kier alpha value is -3.35. The van der Waals surface area contributed by atoms with E-state index in [2.05, 4.69) is 29.6 Å². The van der Waals surface area contributed by atoms with Crippen molar-refractivity contribution in [3.63, 3.8) is 0 Å². The van der Waals surface area contributed by atoms with E-state index in [1.807, 2.05) is 31.2 Å². The van der Waals surface area contributed by atoms with E-state index >= 15 is 0 Å². The number of rotatable bonds is 9. The first-order valence-electron chi connectivity index (χ1n) is 12.4. The number of hydrogen-bond acceptors (Lipinski definition) is 4. The molecule has 1 saturated carbocycles. The Morgan fingerprint density at radius 2 is 1.63 bits per heavy atom. The summed E-state index contributed by atoms with van der Waals surface area (Å²) in [6.45, 7) is 2.14. The average Bonchev–Trinajstić information content (AvgIpc) is 3.47. The molecule has 7 nitrogen and oxygen atoms in total. The van der Waals surface area contributed by atoms with E-state index in [1.165, 1.54) is 27.2 Å². The van der Waals surface area contributed by atoms with Gasteiger partial charge in [0.15, 0.2) is 0 Å². The maximum Gasteiger partial charge on any atom is 0.407 e. The van der Waals surface area contributed by atoms with Crippen LogP contribution < -0.4 is 5.32 Å². The third kappa shape index (κ3) is 5.04. The van der Waals surface area contributed by atoms with Gasteiger partial charge in [0.05, 0.1) is 0 Å². The minimum Gasteiger partial charge on any atom is -0.479 e. The van der Waals surface area contributed by atoms with E-state index in [-0.39, 0.29) is 30.9 Å². The van der Waals surface area contributed by atoms with Crippen LogP contribution in [0.3, 0.4) is 0 Å². The molecule has 2 aromatic carbocycles. The molecule has 0 saturated heterocycles. The van der Waals surface area contributed by atoms with Crippen LogP contribution in [-0.4, -0.2) is 53.2 Å². The zero-order valence-corrected chi connectivity index (χ0v) is 20.5. The van der Waals surface area contributed by atoms with Crippen LogP contribution >= 0.6 is 0 Å². The number of nitrogens with one attached hydrogen (secondary N) is 1. The van der Waals surface area contributed by atoms with Gasteiger partial charge in [0, 0.05) is 25.4 Å². The van der Waals surface area contributed by atoms with Crippen LogP contribution in [0.1, 0.15) is 68.9 Å². The molecular weight excluding hydrogens is 444 g/mol. The fourth-order valence-corrected chi connectivity index (χ4v) is 5.53. The van der Waals surface area contributed by atoms with Gasteiger partial charge < -0.3 is 20.1 Å². The summed E-state index contributed by atoms with van der Waals surface area (Å²) < 4.78 is 5.59. The summed E-state index contributed by atoms with van der Waals surface area (Å²) in [5.41, 5.74) is 3.63. The van der Waals surface area contributed by atoms with Crippen LogP contribution in [-0.2, 0) is 14.3 Å². The molecule has 0 spiro atoms. The maximum atomic E-state index is 12.6. The second-order valence-corrected chi connectivity index (χ2v) is 9.76. The van der Waals surface area contributed by atoms with Crippen molar-refractivity contribution in [3.8, 4) is 11.1 Å². The van der Waals surface area contributed by atoms with Crippen molar-refractivity contribution in [3.05, 3.63) is 59.7 Å². The largest absolute Gasteiger partial charge is 0.479 e. The molecule has 2 N–H and O–H groups in total. The normalized spacial score (nSPS) is 16.7. The third-order valence-electron chi connectivity index (χ3n) is 7.58. The number of hydrogen-bond donors (Lipinski definition) is 2. The molecule has 2 amide bonds. The average molecular weight is 479 g/mol. The molecule has 2 aliphatic carbocycles. The van der Waals surface area contributed by atoms with E-state index in [0.717, 1.165) is 12.8 Å². The van der Waals surface area contributed by atoms with Gasteiger partial charge in [-0.05, 0) is 54.9 Å². The lowest BCUT2D eigenvalue weighted by atomic mass is 9.95. The first kappa shape index (κ1) is 24.8. The number of alkyl carbamates (subject to hydrolysis) is 1. The maximum absolute atomic E-state index is 12.6. The SMILES string of the molecule is CC(CCCC(=O)N(C)C1(C(=O)O)CCCC1)NC(=O)OCC1c2ccccc2-c2ccccc21. The lowest BCUT2D eigenvalue weighted by Gasteiger charge is -2.35. The fraction of sp³-hybridized carbons (Fsp3) is 0.464. The highest BCUT2D eigenvalue weighted by Gasteiger charge is 2.46. The summed E-state index contributed by atoms with van der Waals surface area (Å²) in [6, 6.07) is 16.2. The Kier molecular flexibility index (Phi) is 7.43. The molecule has 0 heterocycles. The van der Waals surface area contributed by atoms with Crippen molar-refractivity contribution in [1.29, 1.82) is 0 Å². The number of nitrogens with zero attached hydrogens (tertiary/aromatic N) is 1. The Morgan fingerprint density at radius 1 is 1.06 bits per heavy atom. The highest BCUT2D eigenvalue weighted by Crippen LogP contribution is 2.44. The highest BCUT2D eigenvalue weighted by molar-refractivity contribution is 5.87. The van der Waals surface area contributed by atoms with Gasteiger partial charge in [-0.25, -0.2) is 9.59 Å². The van der Waals surface area contributed by atoms with Gasteiger partial charge in [-0.1, -0.05) is 61.4 Å². The van der Waals surface area contributed by atoms with Gasteiger partial charge in [0.25, 0.3) is 0 Å². The van der Waals surface area contributed by atoms with Crippen molar-refractivity contribution in [2.24, 2.45) is 0 Å². The molecule has 2 aliphatic rings. The van der Waals surface area contributed by atoms with Crippen LogP contribution in [0.15, 0.2) is 48.5 Å². The van der Waals surface area contributed by atoms with Crippen LogP contribution in [0.4, 0.5) is 4.79 Å². The van der Waals surface area contributed by atoms with E-state index in [1.54, 1.807) is 7.05 Å². The molecule has 0 radical (unpaired) electrons. The first-order valence-corrected chi connectivity index (χ1v) is 12.4. The molecule has 186 valence electrons. The van der Waals surface area contributed by atoms with E-state index in [0.29, 0.717) is 25.7 Å². The molecule has 7 heteroatoms. The molecule has 0 aliphatic heterocycles. The Morgan fingerprint density at radius 3 is 2.20 bits per heavy atom. The number of benzene rings is 2. The van der Waals surface area contributed by atoms with Crippen molar-refractivity contribution in [2.75, 3.05) is 13.7 Å². The second kappa shape index (κ2) is 10.5. The van der Waals surface area contributed by atoms with Gasteiger partial charge in [0.1, 0.15) is 12.1 Å². The summed E-state index contributed by atoms with van der Waals surface area (Å²) >= 11 is 0. The molecular formula is C28H34N2O5. The molecule has 1 unspecified atom stereocenters. The molecule has 2 aromatic rings. The quantitative estimate of drug-likeness (QED) is 0.532. The van der Waals surface area contributed by atoms with Crippen molar-refractivity contribution in [1.82, 2.24) is 10.2 Å². The zero-order valence-electron chi connectivity index (χ0n) is 20.5. The standard InChI is InChI=1S/C28H34N2O5/c1-19(10-9-15-25(31)30(2)28(26(32)33)16-7-8-17-28)29-27(34)35-18-24-22-13-5-3-11-20(22)21-12-4-6-14-23(21)24/h3-6,11-14,19,24H,7-10,15-18H2,1-2H3,(H,29,34)(H,32,33). The Bertz CT molecular complexity index is 1050. The van der Waals surface area contributed by atoms with Crippen molar-refractivity contribution in [2.45, 2.75) is 69.4 Å².